The first-order valence-corrected chi connectivity index (χ1v) is 5.95. The molecule has 1 heterocycles. The predicted octanol–water partition coefficient (Wildman–Crippen LogP) is 4.67. The van der Waals surface area contributed by atoms with Crippen LogP contribution in [0.2, 0.25) is 0 Å². The average Bonchev–Trinajstić information content (AvgIpc) is 2.58. The molecule has 0 aliphatic carbocycles. The normalized spacial score (nSPS) is 11.3. The molecular formula is C14H12S. The lowest BCUT2D eigenvalue weighted by Crippen LogP contribution is -1.75. The zero-order valence-electron chi connectivity index (χ0n) is 8.87. The number of hydrogen-bond donors (Lipinski definition) is 0. The summed E-state index contributed by atoms with van der Waals surface area (Å²) in [6.07, 6.45) is 0. The number of hydrogen-bond acceptors (Lipinski definition) is 1. The van der Waals surface area contributed by atoms with E-state index in [0.29, 0.717) is 0 Å². The van der Waals surface area contributed by atoms with E-state index in [4.69, 9.17) is 0 Å². The van der Waals surface area contributed by atoms with E-state index in [-0.39, 0.29) is 0 Å². The van der Waals surface area contributed by atoms with Gasteiger partial charge >= 0.3 is 0 Å². The highest BCUT2D eigenvalue weighted by Crippen LogP contribution is 2.32. The van der Waals surface area contributed by atoms with Gasteiger partial charge in [-0.15, -0.1) is 11.3 Å². The number of fused-ring (bicyclic) bond motifs is 3. The molecule has 74 valence electrons. The Morgan fingerprint density at radius 1 is 0.867 bits per heavy atom. The van der Waals surface area contributed by atoms with Gasteiger partial charge in [-0.2, -0.15) is 0 Å². The largest absolute Gasteiger partial charge is 0.140 e. The third-order valence-electron chi connectivity index (χ3n) is 2.78. The Bertz CT molecular complexity index is 647. The molecule has 0 aliphatic heterocycles. The fourth-order valence-corrected chi connectivity index (χ4v) is 3.12. The van der Waals surface area contributed by atoms with E-state index >= 15 is 0 Å². The monoisotopic (exact) mass is 212 g/mol. The molecule has 2 aromatic carbocycles. The Balaban J connectivity index is 2.53. The third-order valence-corrected chi connectivity index (χ3v) is 3.88. The molecule has 0 unspecified atom stereocenters. The van der Waals surface area contributed by atoms with Crippen LogP contribution in [-0.2, 0) is 0 Å². The maximum Gasteiger partial charge on any atom is 0.0423 e. The quantitative estimate of drug-likeness (QED) is 0.508. The van der Waals surface area contributed by atoms with Crippen LogP contribution in [0.5, 0.6) is 0 Å². The van der Waals surface area contributed by atoms with Gasteiger partial charge in [0.05, 0.1) is 0 Å². The lowest BCUT2D eigenvalue weighted by atomic mass is 10.1. The van der Waals surface area contributed by atoms with Crippen LogP contribution in [-0.4, -0.2) is 0 Å². The van der Waals surface area contributed by atoms with E-state index in [2.05, 4.69) is 50.2 Å². The maximum absolute atomic E-state index is 2.26. The lowest BCUT2D eigenvalue weighted by molar-refractivity contribution is 1.51. The van der Waals surface area contributed by atoms with Crippen LogP contribution < -0.4 is 0 Å². The molecule has 0 saturated carbocycles. The number of thiophene rings is 1. The van der Waals surface area contributed by atoms with Gasteiger partial charge in [-0.25, -0.2) is 0 Å². The molecule has 1 heteroatoms. The summed E-state index contributed by atoms with van der Waals surface area (Å²) < 4.78 is 1.42. The highest BCUT2D eigenvalue weighted by Gasteiger charge is 2.03. The Morgan fingerprint density at radius 2 is 1.67 bits per heavy atom. The minimum absolute atomic E-state index is 1.33. The minimum atomic E-state index is 1.33. The average molecular weight is 212 g/mol. The summed E-state index contributed by atoms with van der Waals surface area (Å²) in [6.45, 7) is 4.31. The molecule has 0 atom stereocenters. The number of benzene rings is 2. The van der Waals surface area contributed by atoms with Gasteiger partial charge in [0, 0.05) is 9.58 Å². The van der Waals surface area contributed by atoms with Crippen LogP contribution in [0.3, 0.4) is 0 Å². The Labute approximate surface area is 93.2 Å². The topological polar surface area (TPSA) is 0 Å². The van der Waals surface area contributed by atoms with Crippen molar-refractivity contribution in [3.05, 3.63) is 46.8 Å². The van der Waals surface area contributed by atoms with Crippen molar-refractivity contribution in [1.29, 1.82) is 0 Å². The van der Waals surface area contributed by atoms with E-state index in [1.165, 1.54) is 31.3 Å². The second-order valence-corrected chi connectivity index (χ2v) is 5.32. The van der Waals surface area contributed by atoms with Crippen LogP contribution in [0, 0.1) is 13.8 Å². The van der Waals surface area contributed by atoms with E-state index in [1.807, 2.05) is 11.3 Å². The van der Waals surface area contributed by atoms with E-state index in [9.17, 15) is 0 Å². The SMILES string of the molecule is Cc1ccc2c(ccc3cc(C)sc32)c1. The highest BCUT2D eigenvalue weighted by molar-refractivity contribution is 7.20. The molecule has 0 N–H and O–H groups in total. The Kier molecular flexibility index (Phi) is 1.83. The number of aryl methyl sites for hydroxylation is 2. The summed E-state index contributed by atoms with van der Waals surface area (Å²) in [5.41, 5.74) is 1.33. The molecule has 0 fully saturated rings. The summed E-state index contributed by atoms with van der Waals surface area (Å²) in [7, 11) is 0. The van der Waals surface area contributed by atoms with Crippen molar-refractivity contribution in [2.45, 2.75) is 13.8 Å². The van der Waals surface area contributed by atoms with Crippen molar-refractivity contribution in [1.82, 2.24) is 0 Å². The van der Waals surface area contributed by atoms with Gasteiger partial charge in [-0.1, -0.05) is 35.9 Å². The summed E-state index contributed by atoms with van der Waals surface area (Å²) in [5, 5.41) is 4.11. The van der Waals surface area contributed by atoms with Crippen LogP contribution in [0.15, 0.2) is 36.4 Å². The molecule has 0 radical (unpaired) electrons. The fraction of sp³-hybridized carbons (Fsp3) is 0.143. The summed E-state index contributed by atoms with van der Waals surface area (Å²) >= 11 is 1.89. The molecular weight excluding hydrogens is 200 g/mol. The first-order chi connectivity index (χ1) is 7.24. The lowest BCUT2D eigenvalue weighted by Gasteiger charge is -2.00. The van der Waals surface area contributed by atoms with Gasteiger partial charge in [-0.05, 0) is 36.1 Å². The molecule has 0 nitrogen and oxygen atoms in total. The number of rotatable bonds is 0. The van der Waals surface area contributed by atoms with Gasteiger partial charge in [0.2, 0.25) is 0 Å². The molecule has 3 aromatic rings. The second-order valence-electron chi connectivity index (χ2n) is 4.07. The van der Waals surface area contributed by atoms with E-state index in [0.717, 1.165) is 0 Å². The standard InChI is InChI=1S/C14H12S/c1-9-3-6-13-11(7-9)4-5-12-8-10(2)15-14(12)13/h3-8H,1-2H3. The van der Waals surface area contributed by atoms with Gasteiger partial charge in [0.25, 0.3) is 0 Å². The zero-order chi connectivity index (χ0) is 10.4. The smallest absolute Gasteiger partial charge is 0.0423 e. The van der Waals surface area contributed by atoms with Crippen molar-refractivity contribution < 1.29 is 0 Å². The third kappa shape index (κ3) is 1.35. The molecule has 1 aromatic heterocycles. The van der Waals surface area contributed by atoms with Crippen molar-refractivity contribution in [3.8, 4) is 0 Å². The molecule has 0 aliphatic rings. The molecule has 0 saturated heterocycles. The van der Waals surface area contributed by atoms with Gasteiger partial charge in [0.15, 0.2) is 0 Å². The van der Waals surface area contributed by atoms with Crippen molar-refractivity contribution in [2.24, 2.45) is 0 Å². The van der Waals surface area contributed by atoms with Gasteiger partial charge in [0.1, 0.15) is 0 Å². The second kappa shape index (κ2) is 3.07. The van der Waals surface area contributed by atoms with Crippen LogP contribution in [0.1, 0.15) is 10.4 Å². The predicted molar refractivity (Wildman–Crippen MR) is 68.8 cm³/mol. The van der Waals surface area contributed by atoms with Gasteiger partial charge < -0.3 is 0 Å². The van der Waals surface area contributed by atoms with Crippen LogP contribution in [0.4, 0.5) is 0 Å². The molecule has 15 heavy (non-hydrogen) atoms. The van der Waals surface area contributed by atoms with Crippen molar-refractivity contribution in [2.75, 3.05) is 0 Å². The Morgan fingerprint density at radius 3 is 2.53 bits per heavy atom. The van der Waals surface area contributed by atoms with Crippen molar-refractivity contribution in [3.63, 3.8) is 0 Å². The van der Waals surface area contributed by atoms with Crippen molar-refractivity contribution >= 4 is 32.2 Å². The first kappa shape index (κ1) is 8.93. The molecule has 0 amide bonds. The maximum atomic E-state index is 2.26. The van der Waals surface area contributed by atoms with E-state index in [1.54, 1.807) is 0 Å². The first-order valence-electron chi connectivity index (χ1n) is 5.13. The Hall–Kier alpha value is -1.34. The summed E-state index contributed by atoms with van der Waals surface area (Å²) in [5.74, 6) is 0. The molecule has 0 bridgehead atoms. The summed E-state index contributed by atoms with van der Waals surface area (Å²) in [6, 6.07) is 13.4. The van der Waals surface area contributed by atoms with E-state index < -0.39 is 0 Å². The molecule has 3 rings (SSSR count). The minimum Gasteiger partial charge on any atom is -0.140 e. The highest BCUT2D eigenvalue weighted by atomic mass is 32.1. The van der Waals surface area contributed by atoms with Gasteiger partial charge in [-0.3, -0.25) is 0 Å². The summed E-state index contributed by atoms with van der Waals surface area (Å²) in [4.78, 5) is 1.39. The van der Waals surface area contributed by atoms with Crippen LogP contribution in [0.25, 0.3) is 20.9 Å². The van der Waals surface area contributed by atoms with Crippen LogP contribution >= 0.6 is 11.3 Å². The zero-order valence-corrected chi connectivity index (χ0v) is 9.69. The molecule has 0 spiro atoms. The fourth-order valence-electron chi connectivity index (χ4n) is 2.07.